The van der Waals surface area contributed by atoms with E-state index >= 15 is 0 Å². The third-order valence-electron chi connectivity index (χ3n) is 4.60. The molecule has 0 bridgehead atoms. The number of rotatable bonds is 4. The molecular formula is C17H25NO3S. The van der Waals surface area contributed by atoms with Gasteiger partial charge in [0.05, 0.1) is 16.5 Å². The third-order valence-corrected chi connectivity index (χ3v) is 6.08. The zero-order valence-corrected chi connectivity index (χ0v) is 14.3. The maximum absolute atomic E-state index is 12.5. The molecule has 1 fully saturated rings. The molecule has 4 nitrogen and oxygen atoms in total. The van der Waals surface area contributed by atoms with Crippen molar-refractivity contribution in [1.82, 2.24) is 4.72 Å². The predicted molar refractivity (Wildman–Crippen MR) is 88.1 cm³/mol. The van der Waals surface area contributed by atoms with Gasteiger partial charge in [-0.3, -0.25) is 0 Å². The Morgan fingerprint density at radius 3 is 2.50 bits per heavy atom. The largest absolute Gasteiger partial charge is 0.389 e. The fraction of sp³-hybridized carbons (Fsp3) is 0.529. The first-order chi connectivity index (χ1) is 10.1. The van der Waals surface area contributed by atoms with E-state index in [1.807, 2.05) is 13.8 Å². The minimum Gasteiger partial charge on any atom is -0.389 e. The van der Waals surface area contributed by atoms with Gasteiger partial charge in [0, 0.05) is 0 Å². The van der Waals surface area contributed by atoms with Crippen LogP contribution >= 0.6 is 0 Å². The molecule has 0 aromatic heterocycles. The average molecular weight is 323 g/mol. The smallest absolute Gasteiger partial charge is 0.240 e. The summed E-state index contributed by atoms with van der Waals surface area (Å²) >= 11 is 0. The molecule has 0 heterocycles. The van der Waals surface area contributed by atoms with Crippen LogP contribution in [-0.2, 0) is 10.0 Å². The van der Waals surface area contributed by atoms with Crippen LogP contribution in [0.4, 0.5) is 0 Å². The van der Waals surface area contributed by atoms with Crippen molar-refractivity contribution in [2.45, 2.75) is 56.6 Å². The highest BCUT2D eigenvalue weighted by molar-refractivity contribution is 7.89. The van der Waals surface area contributed by atoms with E-state index in [1.54, 1.807) is 31.2 Å². The van der Waals surface area contributed by atoms with Crippen LogP contribution in [0, 0.1) is 12.8 Å². The number of sulfonamides is 1. The van der Waals surface area contributed by atoms with E-state index in [1.165, 1.54) is 0 Å². The van der Waals surface area contributed by atoms with Crippen LogP contribution in [0.3, 0.4) is 0 Å². The van der Waals surface area contributed by atoms with Crippen LogP contribution in [0.15, 0.2) is 41.3 Å². The van der Waals surface area contributed by atoms with Gasteiger partial charge < -0.3 is 5.11 Å². The minimum atomic E-state index is -3.64. The minimum absolute atomic E-state index is 0.228. The fourth-order valence-corrected chi connectivity index (χ4v) is 4.25. The fourth-order valence-electron chi connectivity index (χ4n) is 2.89. The number of aliphatic hydroxyl groups is 1. The van der Waals surface area contributed by atoms with Crippen LogP contribution in [0.1, 0.15) is 38.7 Å². The Bertz CT molecular complexity index is 647. The summed E-state index contributed by atoms with van der Waals surface area (Å²) in [4.78, 5) is 0.228. The van der Waals surface area contributed by atoms with E-state index in [4.69, 9.17) is 0 Å². The summed E-state index contributed by atoms with van der Waals surface area (Å²) in [5, 5.41) is 10.5. The standard InChI is InChI=1S/C17H25NO3S/c1-12(2)14-9-10-17(4,19)16(11-14)18-22(20,21)15-7-5-13(3)6-8-15/h5-8,14,16,18-19H,1,9-11H2,2-4H3/t14-,16+,17+/m1/s1. The van der Waals surface area contributed by atoms with Crippen molar-refractivity contribution in [1.29, 1.82) is 0 Å². The number of benzene rings is 1. The van der Waals surface area contributed by atoms with Crippen LogP contribution in [0.5, 0.6) is 0 Å². The maximum Gasteiger partial charge on any atom is 0.240 e. The molecule has 0 aliphatic heterocycles. The zero-order valence-electron chi connectivity index (χ0n) is 13.5. The van der Waals surface area contributed by atoms with Gasteiger partial charge in [-0.2, -0.15) is 0 Å². The number of aryl methyl sites for hydroxylation is 1. The van der Waals surface area contributed by atoms with E-state index < -0.39 is 21.7 Å². The molecule has 1 aromatic rings. The SMILES string of the molecule is C=C(C)[C@@H]1CC[C@](C)(O)[C@@H](NS(=O)(=O)c2ccc(C)cc2)C1. The molecule has 5 heteroatoms. The molecule has 1 saturated carbocycles. The summed E-state index contributed by atoms with van der Waals surface area (Å²) in [6.07, 6.45) is 1.98. The second-order valence-electron chi connectivity index (χ2n) is 6.66. The van der Waals surface area contributed by atoms with Crippen LogP contribution < -0.4 is 4.72 Å². The van der Waals surface area contributed by atoms with Crippen molar-refractivity contribution in [3.63, 3.8) is 0 Å². The van der Waals surface area contributed by atoms with Gasteiger partial charge in [0.1, 0.15) is 0 Å². The first-order valence-corrected chi connectivity index (χ1v) is 9.07. The highest BCUT2D eigenvalue weighted by atomic mass is 32.2. The number of allylic oxidation sites excluding steroid dienone is 1. The van der Waals surface area contributed by atoms with Crippen molar-refractivity contribution in [3.05, 3.63) is 42.0 Å². The average Bonchev–Trinajstić information content (AvgIpc) is 2.41. The van der Waals surface area contributed by atoms with Crippen molar-refractivity contribution in [3.8, 4) is 0 Å². The number of hydrogen-bond donors (Lipinski definition) is 2. The molecule has 1 aromatic carbocycles. The highest BCUT2D eigenvalue weighted by Gasteiger charge is 2.40. The molecule has 22 heavy (non-hydrogen) atoms. The Kier molecular flexibility index (Phi) is 4.80. The Morgan fingerprint density at radius 1 is 1.36 bits per heavy atom. The summed E-state index contributed by atoms with van der Waals surface area (Å²) in [6.45, 7) is 9.53. The molecular weight excluding hydrogens is 298 g/mol. The van der Waals surface area contributed by atoms with Crippen LogP contribution in [0.25, 0.3) is 0 Å². The molecule has 0 spiro atoms. The lowest BCUT2D eigenvalue weighted by atomic mass is 9.74. The molecule has 0 amide bonds. The Balaban J connectivity index is 2.22. The van der Waals surface area contributed by atoms with Crippen molar-refractivity contribution < 1.29 is 13.5 Å². The first kappa shape index (κ1) is 17.2. The van der Waals surface area contributed by atoms with Gasteiger partial charge in [0.15, 0.2) is 0 Å². The molecule has 0 saturated heterocycles. The van der Waals surface area contributed by atoms with Crippen LogP contribution in [-0.4, -0.2) is 25.2 Å². The van der Waals surface area contributed by atoms with Gasteiger partial charge in [-0.05, 0) is 58.1 Å². The molecule has 0 radical (unpaired) electrons. The second-order valence-corrected chi connectivity index (χ2v) is 8.38. The van der Waals surface area contributed by atoms with Gasteiger partial charge in [0.25, 0.3) is 0 Å². The molecule has 1 aliphatic rings. The van der Waals surface area contributed by atoms with E-state index in [9.17, 15) is 13.5 Å². The molecule has 3 atom stereocenters. The summed E-state index contributed by atoms with van der Waals surface area (Å²) in [5.74, 6) is 0.242. The first-order valence-electron chi connectivity index (χ1n) is 7.58. The lowest BCUT2D eigenvalue weighted by Crippen LogP contribution is -2.54. The normalized spacial score (nSPS) is 29.3. The van der Waals surface area contributed by atoms with Gasteiger partial charge in [-0.15, -0.1) is 0 Å². The summed E-state index contributed by atoms with van der Waals surface area (Å²) in [7, 11) is -3.64. The monoisotopic (exact) mass is 323 g/mol. The van der Waals surface area contributed by atoms with Crippen molar-refractivity contribution in [2.24, 2.45) is 5.92 Å². The van der Waals surface area contributed by atoms with Gasteiger partial charge in [-0.25, -0.2) is 13.1 Å². The lowest BCUT2D eigenvalue weighted by Gasteiger charge is -2.41. The summed E-state index contributed by atoms with van der Waals surface area (Å²) in [5.41, 5.74) is 1.00. The van der Waals surface area contributed by atoms with E-state index in [0.717, 1.165) is 17.6 Å². The molecule has 122 valence electrons. The van der Waals surface area contributed by atoms with Gasteiger partial charge >= 0.3 is 0 Å². The number of nitrogens with one attached hydrogen (secondary N) is 1. The lowest BCUT2D eigenvalue weighted by molar-refractivity contribution is -0.0122. The highest BCUT2D eigenvalue weighted by Crippen LogP contribution is 2.36. The molecule has 0 unspecified atom stereocenters. The topological polar surface area (TPSA) is 66.4 Å². The Hall–Kier alpha value is -1.17. The number of hydrogen-bond acceptors (Lipinski definition) is 3. The maximum atomic E-state index is 12.5. The van der Waals surface area contributed by atoms with Gasteiger partial charge in [0.2, 0.25) is 10.0 Å². The van der Waals surface area contributed by atoms with Crippen molar-refractivity contribution in [2.75, 3.05) is 0 Å². The zero-order chi connectivity index (χ0) is 16.5. The summed E-state index contributed by atoms with van der Waals surface area (Å²) < 4.78 is 27.7. The van der Waals surface area contributed by atoms with Crippen molar-refractivity contribution >= 4 is 10.0 Å². The summed E-state index contributed by atoms with van der Waals surface area (Å²) in [6, 6.07) is 6.21. The van der Waals surface area contributed by atoms with E-state index in [2.05, 4.69) is 11.3 Å². The molecule has 2 N–H and O–H groups in total. The quantitative estimate of drug-likeness (QED) is 0.837. The van der Waals surface area contributed by atoms with Crippen LogP contribution in [0.2, 0.25) is 0 Å². The van der Waals surface area contributed by atoms with Gasteiger partial charge in [-0.1, -0.05) is 29.8 Å². The second kappa shape index (κ2) is 6.14. The third kappa shape index (κ3) is 3.77. The van der Waals surface area contributed by atoms with E-state index in [-0.39, 0.29) is 10.8 Å². The Morgan fingerprint density at radius 2 is 1.95 bits per heavy atom. The van der Waals surface area contributed by atoms with E-state index in [0.29, 0.717) is 12.8 Å². The molecule has 2 rings (SSSR count). The molecule has 1 aliphatic carbocycles. The predicted octanol–water partition coefficient (Wildman–Crippen LogP) is 2.77. The Labute approximate surface area is 133 Å².